The average Bonchev–Trinajstić information content (AvgIpc) is 3.54. The van der Waals surface area contributed by atoms with Crippen LogP contribution in [0.1, 0.15) is 12.8 Å². The van der Waals surface area contributed by atoms with Crippen LogP contribution in [0.15, 0.2) is 59.3 Å². The predicted octanol–water partition coefficient (Wildman–Crippen LogP) is 4.78. The fraction of sp³-hybridized carbons (Fsp3) is 0.280. The van der Waals surface area contributed by atoms with Crippen molar-refractivity contribution >= 4 is 16.9 Å². The van der Waals surface area contributed by atoms with Crippen molar-refractivity contribution in [1.29, 1.82) is 0 Å². The number of aromatic nitrogens is 2. The number of methoxy groups -OCH3 is 2. The van der Waals surface area contributed by atoms with E-state index in [0.29, 0.717) is 5.71 Å². The van der Waals surface area contributed by atoms with Crippen molar-refractivity contribution in [2.75, 3.05) is 39.3 Å². The summed E-state index contributed by atoms with van der Waals surface area (Å²) in [6.07, 6.45) is 3.94. The fourth-order valence-corrected chi connectivity index (χ4v) is 4.07. The van der Waals surface area contributed by atoms with Crippen LogP contribution in [0, 0.1) is 0 Å². The van der Waals surface area contributed by atoms with Gasteiger partial charge < -0.3 is 23.9 Å². The maximum absolute atomic E-state index is 7.00. The summed E-state index contributed by atoms with van der Waals surface area (Å²) in [4.78, 5) is 11.4. The molecule has 0 saturated carbocycles. The number of anilines is 1. The Labute approximate surface area is 187 Å². The van der Waals surface area contributed by atoms with Gasteiger partial charge in [0.2, 0.25) is 5.71 Å². The highest BCUT2D eigenvalue weighted by atomic mass is 16.5. The standard InChI is InChI=1S/C24H23N3O3.CH4O/c1-28-18-9-5-16(6-10-18)20-21-23(27-13-3-4-14-27)25-15-26-24(21)30-22(20)17-7-11-19(29-2)12-8-17;1-2/h5-12,15H,3-4,13-14H2,1-2H3;2H,1H3. The van der Waals surface area contributed by atoms with Crippen LogP contribution in [-0.2, 0) is 0 Å². The number of hydrogen-bond donors (Lipinski definition) is 1. The molecule has 1 aliphatic rings. The molecule has 5 rings (SSSR count). The summed E-state index contributed by atoms with van der Waals surface area (Å²) < 4.78 is 17.0. The molecule has 0 atom stereocenters. The zero-order valence-corrected chi connectivity index (χ0v) is 18.5. The van der Waals surface area contributed by atoms with E-state index >= 15 is 0 Å². The van der Waals surface area contributed by atoms with Crippen LogP contribution in [0.4, 0.5) is 5.82 Å². The highest BCUT2D eigenvalue weighted by Crippen LogP contribution is 2.44. The molecule has 1 N–H and O–H groups in total. The molecule has 7 heteroatoms. The van der Waals surface area contributed by atoms with Gasteiger partial charge >= 0.3 is 0 Å². The molecule has 2 aromatic carbocycles. The lowest BCUT2D eigenvalue weighted by atomic mass is 9.99. The van der Waals surface area contributed by atoms with Crippen molar-refractivity contribution in [3.63, 3.8) is 0 Å². The van der Waals surface area contributed by atoms with Crippen LogP contribution >= 0.6 is 0 Å². The first-order chi connectivity index (χ1) is 15.8. The molecule has 1 saturated heterocycles. The maximum Gasteiger partial charge on any atom is 0.232 e. The molecule has 0 spiro atoms. The second-order valence-corrected chi connectivity index (χ2v) is 7.33. The van der Waals surface area contributed by atoms with E-state index in [9.17, 15) is 0 Å². The van der Waals surface area contributed by atoms with E-state index in [1.807, 2.05) is 36.4 Å². The molecule has 0 radical (unpaired) electrons. The van der Waals surface area contributed by atoms with Crippen molar-refractivity contribution in [2.45, 2.75) is 12.8 Å². The Morgan fingerprint density at radius 3 is 1.94 bits per heavy atom. The third-order valence-corrected chi connectivity index (χ3v) is 5.60. The normalized spacial score (nSPS) is 13.1. The van der Waals surface area contributed by atoms with Crippen LogP contribution < -0.4 is 14.4 Å². The SMILES string of the molecule is CO.COc1ccc(-c2oc3ncnc(N4CCCC4)c3c2-c2ccc(OC)cc2)cc1. The third-order valence-electron chi connectivity index (χ3n) is 5.60. The largest absolute Gasteiger partial charge is 0.497 e. The molecule has 0 amide bonds. The van der Waals surface area contributed by atoms with Gasteiger partial charge in [0.05, 0.1) is 19.6 Å². The van der Waals surface area contributed by atoms with Crippen LogP contribution in [0.25, 0.3) is 33.6 Å². The lowest BCUT2D eigenvalue weighted by molar-refractivity contribution is 0.399. The maximum atomic E-state index is 7.00. The average molecular weight is 434 g/mol. The first-order valence-corrected chi connectivity index (χ1v) is 10.5. The molecular weight excluding hydrogens is 406 g/mol. The summed E-state index contributed by atoms with van der Waals surface area (Å²) >= 11 is 0. The Morgan fingerprint density at radius 1 is 0.812 bits per heavy atom. The van der Waals surface area contributed by atoms with E-state index in [2.05, 4.69) is 27.0 Å². The molecule has 166 valence electrons. The molecule has 0 bridgehead atoms. The summed E-state index contributed by atoms with van der Waals surface area (Å²) in [5.74, 6) is 3.33. The summed E-state index contributed by atoms with van der Waals surface area (Å²) in [6.45, 7) is 1.99. The van der Waals surface area contributed by atoms with Gasteiger partial charge in [-0.15, -0.1) is 0 Å². The lowest BCUT2D eigenvalue weighted by Gasteiger charge is -2.17. The van der Waals surface area contributed by atoms with Gasteiger partial charge in [0.1, 0.15) is 29.4 Å². The number of aliphatic hydroxyl groups is 1. The second kappa shape index (κ2) is 9.70. The lowest BCUT2D eigenvalue weighted by Crippen LogP contribution is -2.19. The van der Waals surface area contributed by atoms with Crippen LogP contribution in [0.3, 0.4) is 0 Å². The minimum absolute atomic E-state index is 0.600. The van der Waals surface area contributed by atoms with Crippen LogP contribution in [0.5, 0.6) is 11.5 Å². The number of aliphatic hydroxyl groups excluding tert-OH is 1. The van der Waals surface area contributed by atoms with E-state index in [-0.39, 0.29) is 0 Å². The molecule has 32 heavy (non-hydrogen) atoms. The van der Waals surface area contributed by atoms with E-state index in [4.69, 9.17) is 19.0 Å². The van der Waals surface area contributed by atoms with Gasteiger partial charge in [0, 0.05) is 31.3 Å². The Bertz CT molecular complexity index is 1160. The van der Waals surface area contributed by atoms with Crippen molar-refractivity contribution in [3.05, 3.63) is 54.9 Å². The minimum Gasteiger partial charge on any atom is -0.497 e. The monoisotopic (exact) mass is 433 g/mol. The summed E-state index contributed by atoms with van der Waals surface area (Å²) in [5, 5.41) is 7.95. The highest BCUT2D eigenvalue weighted by molar-refractivity contribution is 6.06. The summed E-state index contributed by atoms with van der Waals surface area (Å²) in [7, 11) is 4.33. The molecule has 3 heterocycles. The summed E-state index contributed by atoms with van der Waals surface area (Å²) in [5.41, 5.74) is 3.60. The van der Waals surface area contributed by atoms with Crippen LogP contribution in [-0.4, -0.2) is 49.5 Å². The Kier molecular flexibility index (Phi) is 6.56. The van der Waals surface area contributed by atoms with Crippen molar-refractivity contribution in [2.24, 2.45) is 0 Å². The Balaban J connectivity index is 0.00000119. The molecule has 7 nitrogen and oxygen atoms in total. The smallest absolute Gasteiger partial charge is 0.232 e. The minimum atomic E-state index is 0.600. The van der Waals surface area contributed by atoms with Gasteiger partial charge in [-0.1, -0.05) is 12.1 Å². The highest BCUT2D eigenvalue weighted by Gasteiger charge is 2.25. The quantitative estimate of drug-likeness (QED) is 0.485. The number of rotatable bonds is 5. The fourth-order valence-electron chi connectivity index (χ4n) is 4.07. The molecule has 2 aromatic heterocycles. The van der Waals surface area contributed by atoms with Gasteiger partial charge in [-0.25, -0.2) is 9.97 Å². The van der Waals surface area contributed by atoms with Crippen molar-refractivity contribution in [1.82, 2.24) is 9.97 Å². The van der Waals surface area contributed by atoms with Crippen LogP contribution in [0.2, 0.25) is 0 Å². The molecular formula is C25H27N3O4. The molecule has 1 aliphatic heterocycles. The van der Waals surface area contributed by atoms with Gasteiger partial charge in [-0.3, -0.25) is 0 Å². The molecule has 0 unspecified atom stereocenters. The number of benzene rings is 2. The molecule has 4 aromatic rings. The predicted molar refractivity (Wildman–Crippen MR) is 125 cm³/mol. The van der Waals surface area contributed by atoms with E-state index < -0.39 is 0 Å². The Morgan fingerprint density at radius 2 is 1.38 bits per heavy atom. The first kappa shape index (κ1) is 21.6. The number of fused-ring (bicyclic) bond motifs is 1. The number of furan rings is 1. The van der Waals surface area contributed by atoms with Crippen molar-refractivity contribution < 1.29 is 19.0 Å². The number of hydrogen-bond acceptors (Lipinski definition) is 7. The third kappa shape index (κ3) is 3.99. The first-order valence-electron chi connectivity index (χ1n) is 10.5. The number of ether oxygens (including phenoxy) is 2. The van der Waals surface area contributed by atoms with Gasteiger partial charge in [-0.05, 0) is 54.8 Å². The van der Waals surface area contributed by atoms with Gasteiger partial charge in [0.15, 0.2) is 0 Å². The van der Waals surface area contributed by atoms with Gasteiger partial charge in [0.25, 0.3) is 0 Å². The second-order valence-electron chi connectivity index (χ2n) is 7.33. The van der Waals surface area contributed by atoms with E-state index in [1.54, 1.807) is 20.5 Å². The van der Waals surface area contributed by atoms with E-state index in [1.165, 1.54) is 12.8 Å². The Hall–Kier alpha value is -3.58. The zero-order chi connectivity index (χ0) is 22.5. The van der Waals surface area contributed by atoms with E-state index in [0.717, 1.165) is 65.4 Å². The molecule has 0 aliphatic carbocycles. The summed E-state index contributed by atoms with van der Waals surface area (Å²) in [6, 6.07) is 15.9. The van der Waals surface area contributed by atoms with Crippen molar-refractivity contribution in [3.8, 4) is 33.9 Å². The topological polar surface area (TPSA) is 80.8 Å². The molecule has 1 fully saturated rings. The van der Waals surface area contributed by atoms with Gasteiger partial charge in [-0.2, -0.15) is 0 Å². The zero-order valence-electron chi connectivity index (χ0n) is 18.5. The number of nitrogens with zero attached hydrogens (tertiary/aromatic N) is 3.